The molecular formula is C11H7ClN4O3. The van der Waals surface area contributed by atoms with Gasteiger partial charge in [0.05, 0.1) is 17.3 Å². The predicted molar refractivity (Wildman–Crippen MR) is 70.0 cm³/mol. The van der Waals surface area contributed by atoms with Crippen LogP contribution in [0.2, 0.25) is 5.15 Å². The number of nitrogens with zero attached hydrogens (tertiary/aromatic N) is 1. The predicted octanol–water partition coefficient (Wildman–Crippen LogP) is 1.99. The van der Waals surface area contributed by atoms with Crippen molar-refractivity contribution in [2.24, 2.45) is 5.10 Å². The van der Waals surface area contributed by atoms with Crippen LogP contribution in [0.4, 0.5) is 10.5 Å². The number of rotatable bonds is 1. The third-order valence-corrected chi connectivity index (χ3v) is 3.04. The molecule has 1 aromatic heterocycles. The number of anilines is 1. The second kappa shape index (κ2) is 3.99. The van der Waals surface area contributed by atoms with Gasteiger partial charge < -0.3 is 10.1 Å². The maximum absolute atomic E-state index is 11.9. The van der Waals surface area contributed by atoms with Crippen molar-refractivity contribution < 1.29 is 14.7 Å². The molecule has 1 aromatic carbocycles. The van der Waals surface area contributed by atoms with Crippen LogP contribution in [0.5, 0.6) is 0 Å². The molecule has 4 N–H and O–H groups in total. The second-order valence-electron chi connectivity index (χ2n) is 3.93. The first kappa shape index (κ1) is 11.5. The van der Waals surface area contributed by atoms with Gasteiger partial charge in [-0.25, -0.2) is 10.2 Å². The smallest absolute Gasteiger partial charge is 0.409 e. The van der Waals surface area contributed by atoms with Crippen molar-refractivity contribution in [1.29, 1.82) is 0 Å². The maximum atomic E-state index is 11.9. The van der Waals surface area contributed by atoms with Crippen LogP contribution in [0.1, 0.15) is 15.9 Å². The first-order chi connectivity index (χ1) is 9.06. The molecule has 0 saturated carbocycles. The van der Waals surface area contributed by atoms with Gasteiger partial charge in [-0.15, -0.1) is 0 Å². The normalized spacial score (nSPS) is 13.2. The van der Waals surface area contributed by atoms with Crippen LogP contribution in [0.15, 0.2) is 17.2 Å². The molecule has 0 fully saturated rings. The Hall–Kier alpha value is -2.54. The summed E-state index contributed by atoms with van der Waals surface area (Å²) >= 11 is 6.03. The Labute approximate surface area is 111 Å². The molecular weight excluding hydrogens is 272 g/mol. The largest absolute Gasteiger partial charge is 0.465 e. The van der Waals surface area contributed by atoms with Crippen LogP contribution in [-0.2, 0) is 0 Å². The molecule has 0 atom stereocenters. The van der Waals surface area contributed by atoms with Crippen molar-refractivity contribution in [3.8, 4) is 0 Å². The summed E-state index contributed by atoms with van der Waals surface area (Å²) in [7, 11) is 0. The summed E-state index contributed by atoms with van der Waals surface area (Å²) in [5, 5.41) is 15.6. The van der Waals surface area contributed by atoms with Gasteiger partial charge in [0.15, 0.2) is 0 Å². The Morgan fingerprint density at radius 1 is 1.42 bits per heavy atom. The average Bonchev–Trinajstić information content (AvgIpc) is 2.52. The van der Waals surface area contributed by atoms with Crippen LogP contribution in [0.25, 0.3) is 10.9 Å². The van der Waals surface area contributed by atoms with Crippen LogP contribution < -0.4 is 10.7 Å². The molecule has 2 amide bonds. The van der Waals surface area contributed by atoms with Crippen molar-refractivity contribution in [2.75, 3.05) is 5.32 Å². The van der Waals surface area contributed by atoms with Gasteiger partial charge in [0.25, 0.3) is 5.91 Å². The van der Waals surface area contributed by atoms with Gasteiger partial charge in [0.2, 0.25) is 0 Å². The molecule has 8 heteroatoms. The minimum atomic E-state index is -1.21. The molecule has 2 aromatic rings. The standard InChI is InChI=1S/C11H7ClN4O3/c12-9-6-3-13-16-10(17)5-1-4(14-11(18)19)2-7(15-9)8(5)6/h1-3,14-15H,(H,16,17)(H,18,19). The van der Waals surface area contributed by atoms with Crippen molar-refractivity contribution >= 4 is 46.4 Å². The van der Waals surface area contributed by atoms with E-state index in [9.17, 15) is 9.59 Å². The Kier molecular flexibility index (Phi) is 2.42. The quantitative estimate of drug-likeness (QED) is 0.641. The summed E-state index contributed by atoms with van der Waals surface area (Å²) in [6.45, 7) is 0. The summed E-state index contributed by atoms with van der Waals surface area (Å²) in [4.78, 5) is 25.4. The fourth-order valence-electron chi connectivity index (χ4n) is 2.04. The number of amides is 2. The highest BCUT2D eigenvalue weighted by molar-refractivity contribution is 6.35. The highest BCUT2D eigenvalue weighted by atomic mass is 35.5. The third kappa shape index (κ3) is 1.80. The molecule has 0 radical (unpaired) electrons. The molecule has 96 valence electrons. The number of carboxylic acid groups (broad SMARTS) is 1. The topological polar surface area (TPSA) is 107 Å². The highest BCUT2D eigenvalue weighted by Crippen LogP contribution is 2.31. The fourth-order valence-corrected chi connectivity index (χ4v) is 2.28. The summed E-state index contributed by atoms with van der Waals surface area (Å²) in [6, 6.07) is 3.00. The lowest BCUT2D eigenvalue weighted by atomic mass is 10.1. The van der Waals surface area contributed by atoms with Gasteiger partial charge in [-0.1, -0.05) is 11.6 Å². The minimum Gasteiger partial charge on any atom is -0.465 e. The number of hydrazone groups is 1. The van der Waals surface area contributed by atoms with Crippen molar-refractivity contribution in [2.45, 2.75) is 0 Å². The number of nitrogens with one attached hydrogen (secondary N) is 3. The minimum absolute atomic E-state index is 0.275. The van der Waals surface area contributed by atoms with Crippen molar-refractivity contribution in [3.63, 3.8) is 0 Å². The van der Waals surface area contributed by atoms with E-state index in [2.05, 4.69) is 20.8 Å². The molecule has 0 spiro atoms. The Bertz CT molecular complexity index is 750. The fraction of sp³-hybridized carbons (Fsp3) is 0. The molecule has 0 aliphatic carbocycles. The Morgan fingerprint density at radius 2 is 2.21 bits per heavy atom. The van der Waals surface area contributed by atoms with Crippen LogP contribution in [0, 0.1) is 0 Å². The average molecular weight is 279 g/mol. The first-order valence-electron chi connectivity index (χ1n) is 5.25. The number of carbonyl (C=O) groups is 2. The molecule has 0 bridgehead atoms. The van der Waals surface area contributed by atoms with E-state index < -0.39 is 12.0 Å². The number of H-pyrrole nitrogens is 1. The Balaban J connectivity index is 2.32. The lowest BCUT2D eigenvalue weighted by Crippen LogP contribution is -2.17. The molecule has 0 saturated heterocycles. The number of carbonyl (C=O) groups excluding carboxylic acids is 1. The van der Waals surface area contributed by atoms with E-state index in [1.54, 1.807) is 6.07 Å². The summed E-state index contributed by atoms with van der Waals surface area (Å²) in [6.07, 6.45) is 0.231. The summed E-state index contributed by atoms with van der Waals surface area (Å²) in [5.41, 5.74) is 4.05. The number of halogens is 1. The first-order valence-corrected chi connectivity index (χ1v) is 5.62. The van der Waals surface area contributed by atoms with Gasteiger partial charge >= 0.3 is 6.09 Å². The molecule has 2 heterocycles. The van der Waals surface area contributed by atoms with E-state index >= 15 is 0 Å². The van der Waals surface area contributed by atoms with Gasteiger partial charge in [-0.05, 0) is 12.1 Å². The van der Waals surface area contributed by atoms with Crippen LogP contribution in [-0.4, -0.2) is 28.3 Å². The zero-order valence-corrected chi connectivity index (χ0v) is 10.1. The molecule has 19 heavy (non-hydrogen) atoms. The number of aromatic amines is 1. The van der Waals surface area contributed by atoms with E-state index in [0.29, 0.717) is 27.2 Å². The van der Waals surface area contributed by atoms with Crippen molar-refractivity contribution in [3.05, 3.63) is 28.4 Å². The van der Waals surface area contributed by atoms with E-state index in [0.717, 1.165) is 0 Å². The SMILES string of the molecule is O=C(O)Nc1cc2c3c(c(Cl)[nH]c3c1)C=NNC2=O. The van der Waals surface area contributed by atoms with Gasteiger partial charge in [0, 0.05) is 16.6 Å². The van der Waals surface area contributed by atoms with E-state index in [4.69, 9.17) is 16.7 Å². The number of benzene rings is 1. The zero-order chi connectivity index (χ0) is 13.6. The molecule has 0 unspecified atom stereocenters. The van der Waals surface area contributed by atoms with E-state index in [1.807, 2.05) is 0 Å². The van der Waals surface area contributed by atoms with E-state index in [1.165, 1.54) is 12.3 Å². The lowest BCUT2D eigenvalue weighted by Gasteiger charge is -2.05. The number of aromatic nitrogens is 1. The zero-order valence-electron chi connectivity index (χ0n) is 9.32. The maximum Gasteiger partial charge on any atom is 0.409 e. The third-order valence-electron chi connectivity index (χ3n) is 2.74. The Morgan fingerprint density at radius 3 is 2.95 bits per heavy atom. The van der Waals surface area contributed by atoms with Gasteiger partial charge in [0.1, 0.15) is 5.15 Å². The molecule has 1 aliphatic rings. The van der Waals surface area contributed by atoms with Crippen LogP contribution >= 0.6 is 11.6 Å². The van der Waals surface area contributed by atoms with E-state index in [-0.39, 0.29) is 5.69 Å². The van der Waals surface area contributed by atoms with Crippen LogP contribution in [0.3, 0.4) is 0 Å². The highest BCUT2D eigenvalue weighted by Gasteiger charge is 2.20. The van der Waals surface area contributed by atoms with Crippen molar-refractivity contribution in [1.82, 2.24) is 10.4 Å². The second-order valence-corrected chi connectivity index (χ2v) is 4.31. The monoisotopic (exact) mass is 278 g/mol. The molecule has 7 nitrogen and oxygen atoms in total. The number of hydrogen-bond acceptors (Lipinski definition) is 3. The number of hydrogen-bond donors (Lipinski definition) is 4. The lowest BCUT2D eigenvalue weighted by molar-refractivity contribution is 0.0957. The summed E-state index contributed by atoms with van der Waals surface area (Å²) in [5.74, 6) is -0.426. The summed E-state index contributed by atoms with van der Waals surface area (Å²) < 4.78 is 0. The molecule has 1 aliphatic heterocycles. The molecule has 3 rings (SSSR count). The van der Waals surface area contributed by atoms with Gasteiger partial charge in [-0.3, -0.25) is 10.1 Å². The van der Waals surface area contributed by atoms with Gasteiger partial charge in [-0.2, -0.15) is 5.10 Å².